The van der Waals surface area contributed by atoms with Crippen molar-refractivity contribution in [2.24, 2.45) is 0 Å². The van der Waals surface area contributed by atoms with Crippen LogP contribution in [0.25, 0.3) is 0 Å². The molecule has 0 aromatic heterocycles. The van der Waals surface area contributed by atoms with E-state index in [1.807, 2.05) is 60.7 Å². The fraction of sp³-hybridized carbons (Fsp3) is 0.222. The highest BCUT2D eigenvalue weighted by Gasteiger charge is 2.39. The van der Waals surface area contributed by atoms with Gasteiger partial charge in [0.05, 0.1) is 6.54 Å². The van der Waals surface area contributed by atoms with E-state index in [1.165, 1.54) is 5.06 Å². The van der Waals surface area contributed by atoms with Crippen LogP contribution in [-0.4, -0.2) is 29.7 Å². The maximum absolute atomic E-state index is 11.9. The Hall–Kier alpha value is -2.86. The van der Waals surface area contributed by atoms with Crippen LogP contribution in [0.1, 0.15) is 11.1 Å². The number of β-lactam (4-membered cyclic amide) rings is 1. The summed E-state index contributed by atoms with van der Waals surface area (Å²) in [6.07, 6.45) is -0.611. The zero-order valence-electron chi connectivity index (χ0n) is 13.1. The quantitative estimate of drug-likeness (QED) is 0.827. The number of hydrogen-bond acceptors (Lipinski definition) is 4. The molecule has 2 amide bonds. The van der Waals surface area contributed by atoms with Crippen LogP contribution in [0.2, 0.25) is 0 Å². The van der Waals surface area contributed by atoms with Gasteiger partial charge in [0, 0.05) is 0 Å². The normalized spacial score (nSPS) is 16.4. The average Bonchev–Trinajstić information content (AvgIpc) is 2.63. The summed E-state index contributed by atoms with van der Waals surface area (Å²) >= 11 is 0. The van der Waals surface area contributed by atoms with E-state index in [1.54, 1.807) is 0 Å². The van der Waals surface area contributed by atoms with Crippen molar-refractivity contribution in [3.05, 3.63) is 71.8 Å². The topological polar surface area (TPSA) is 67.9 Å². The van der Waals surface area contributed by atoms with Gasteiger partial charge < -0.3 is 10.1 Å². The van der Waals surface area contributed by atoms with Crippen molar-refractivity contribution >= 4 is 12.0 Å². The predicted octanol–water partition coefficient (Wildman–Crippen LogP) is 2.26. The highest BCUT2D eigenvalue weighted by atomic mass is 16.7. The fourth-order valence-electron chi connectivity index (χ4n) is 2.25. The molecule has 2 aromatic rings. The van der Waals surface area contributed by atoms with Crippen molar-refractivity contribution in [1.82, 2.24) is 10.4 Å². The Morgan fingerprint density at radius 2 is 1.58 bits per heavy atom. The molecule has 0 bridgehead atoms. The van der Waals surface area contributed by atoms with Gasteiger partial charge in [0.15, 0.2) is 0 Å². The van der Waals surface area contributed by atoms with E-state index in [9.17, 15) is 9.59 Å². The van der Waals surface area contributed by atoms with Crippen molar-refractivity contribution in [3.8, 4) is 0 Å². The third kappa shape index (κ3) is 4.11. The fourth-order valence-corrected chi connectivity index (χ4v) is 2.25. The predicted molar refractivity (Wildman–Crippen MR) is 86.5 cm³/mol. The zero-order chi connectivity index (χ0) is 16.8. The lowest BCUT2D eigenvalue weighted by Gasteiger charge is -2.36. The molecule has 0 saturated carbocycles. The van der Waals surface area contributed by atoms with Crippen LogP contribution in [0.15, 0.2) is 60.7 Å². The molecule has 0 radical (unpaired) electrons. The van der Waals surface area contributed by atoms with Gasteiger partial charge >= 0.3 is 6.09 Å². The number of nitrogens with zero attached hydrogens (tertiary/aromatic N) is 1. The molecule has 6 nitrogen and oxygen atoms in total. The van der Waals surface area contributed by atoms with Gasteiger partial charge in [-0.25, -0.2) is 9.86 Å². The van der Waals surface area contributed by atoms with Gasteiger partial charge in [-0.15, -0.1) is 0 Å². The van der Waals surface area contributed by atoms with Crippen LogP contribution < -0.4 is 5.32 Å². The van der Waals surface area contributed by atoms with Gasteiger partial charge in [-0.2, -0.15) is 0 Å². The summed E-state index contributed by atoms with van der Waals surface area (Å²) in [6, 6.07) is 18.3. The molecule has 124 valence electrons. The number of rotatable bonds is 6. The maximum Gasteiger partial charge on any atom is 0.408 e. The molecule has 1 N–H and O–H groups in total. The Morgan fingerprint density at radius 3 is 2.17 bits per heavy atom. The molecular weight excluding hydrogens is 308 g/mol. The molecule has 1 aliphatic heterocycles. The lowest BCUT2D eigenvalue weighted by atomic mass is 10.1. The van der Waals surface area contributed by atoms with Crippen LogP contribution in [0.4, 0.5) is 4.79 Å². The van der Waals surface area contributed by atoms with E-state index < -0.39 is 12.1 Å². The van der Waals surface area contributed by atoms with Crippen molar-refractivity contribution in [2.45, 2.75) is 19.3 Å². The maximum atomic E-state index is 11.9. The first-order valence-corrected chi connectivity index (χ1v) is 7.68. The summed E-state index contributed by atoms with van der Waals surface area (Å²) in [6.45, 7) is 0.797. The highest BCUT2D eigenvalue weighted by Crippen LogP contribution is 2.13. The van der Waals surface area contributed by atoms with Crippen LogP contribution >= 0.6 is 0 Å². The minimum atomic E-state index is -0.611. The molecule has 1 fully saturated rings. The molecule has 2 aromatic carbocycles. The van der Waals surface area contributed by atoms with Crippen LogP contribution in [0.5, 0.6) is 0 Å². The number of hydrogen-bond donors (Lipinski definition) is 1. The molecule has 6 heteroatoms. The SMILES string of the molecule is O=C(NC1CN(OCc2ccccc2)C1=O)OCc1ccccc1. The lowest BCUT2D eigenvalue weighted by molar-refractivity contribution is -0.218. The molecule has 1 saturated heterocycles. The molecule has 24 heavy (non-hydrogen) atoms. The molecule has 1 aliphatic rings. The number of benzene rings is 2. The molecule has 0 spiro atoms. The minimum Gasteiger partial charge on any atom is -0.445 e. The first kappa shape index (κ1) is 16.0. The Balaban J connectivity index is 1.37. The summed E-state index contributed by atoms with van der Waals surface area (Å²) in [4.78, 5) is 29.0. The summed E-state index contributed by atoms with van der Waals surface area (Å²) in [7, 11) is 0. The van der Waals surface area contributed by atoms with E-state index in [2.05, 4.69) is 5.32 Å². The van der Waals surface area contributed by atoms with E-state index in [0.29, 0.717) is 13.2 Å². The number of nitrogens with one attached hydrogen (secondary N) is 1. The number of carbonyl (C=O) groups is 2. The van der Waals surface area contributed by atoms with Gasteiger partial charge in [-0.05, 0) is 11.1 Å². The van der Waals surface area contributed by atoms with Crippen LogP contribution in [-0.2, 0) is 27.6 Å². The highest BCUT2D eigenvalue weighted by molar-refractivity contribution is 5.90. The molecule has 1 atom stereocenters. The second-order valence-electron chi connectivity index (χ2n) is 5.42. The van der Waals surface area contributed by atoms with Gasteiger partial charge in [0.25, 0.3) is 5.91 Å². The summed E-state index contributed by atoms with van der Waals surface area (Å²) in [5, 5.41) is 3.78. The number of hydroxylamine groups is 2. The molecule has 1 unspecified atom stereocenters. The number of amides is 2. The average molecular weight is 326 g/mol. The summed E-state index contributed by atoms with van der Waals surface area (Å²) in [5.41, 5.74) is 1.87. The van der Waals surface area contributed by atoms with Crippen molar-refractivity contribution in [1.29, 1.82) is 0 Å². The zero-order valence-corrected chi connectivity index (χ0v) is 13.1. The Kier molecular flexibility index (Phi) is 5.08. The van der Waals surface area contributed by atoms with Crippen molar-refractivity contribution < 1.29 is 19.2 Å². The first-order chi connectivity index (χ1) is 11.7. The molecule has 3 rings (SSSR count). The third-order valence-corrected chi connectivity index (χ3v) is 3.63. The third-order valence-electron chi connectivity index (χ3n) is 3.63. The van der Waals surface area contributed by atoms with Crippen LogP contribution in [0.3, 0.4) is 0 Å². The van der Waals surface area contributed by atoms with Gasteiger partial charge in [0.1, 0.15) is 19.3 Å². The number of carbonyl (C=O) groups excluding carboxylic acids is 2. The van der Waals surface area contributed by atoms with Crippen molar-refractivity contribution in [3.63, 3.8) is 0 Å². The van der Waals surface area contributed by atoms with E-state index in [4.69, 9.17) is 9.57 Å². The van der Waals surface area contributed by atoms with Gasteiger partial charge in [-0.3, -0.25) is 9.63 Å². The largest absolute Gasteiger partial charge is 0.445 e. The van der Waals surface area contributed by atoms with Crippen LogP contribution in [0, 0.1) is 0 Å². The van der Waals surface area contributed by atoms with Gasteiger partial charge in [-0.1, -0.05) is 60.7 Å². The molecular formula is C18H18N2O4. The molecule has 1 heterocycles. The summed E-state index contributed by atoms with van der Waals surface area (Å²) < 4.78 is 5.09. The Labute approximate surface area is 139 Å². The summed E-state index contributed by atoms with van der Waals surface area (Å²) in [5.74, 6) is -0.275. The van der Waals surface area contributed by atoms with Gasteiger partial charge in [0.2, 0.25) is 0 Å². The number of ether oxygens (including phenoxy) is 1. The standard InChI is InChI=1S/C18H18N2O4/c21-17-16(11-20(17)24-13-15-9-5-2-6-10-15)19-18(22)23-12-14-7-3-1-4-8-14/h1-10,16H,11-13H2,(H,19,22). The Morgan fingerprint density at radius 1 is 1.00 bits per heavy atom. The first-order valence-electron chi connectivity index (χ1n) is 7.68. The Bertz CT molecular complexity index is 691. The van der Waals surface area contributed by atoms with Crippen molar-refractivity contribution in [2.75, 3.05) is 6.54 Å². The van der Waals surface area contributed by atoms with E-state index in [0.717, 1.165) is 11.1 Å². The minimum absolute atomic E-state index is 0.168. The smallest absolute Gasteiger partial charge is 0.408 e. The van der Waals surface area contributed by atoms with E-state index in [-0.39, 0.29) is 12.5 Å². The second kappa shape index (κ2) is 7.61. The second-order valence-corrected chi connectivity index (χ2v) is 5.42. The lowest BCUT2D eigenvalue weighted by Crippen LogP contribution is -2.63. The van der Waals surface area contributed by atoms with E-state index >= 15 is 0 Å². The molecule has 0 aliphatic carbocycles. The monoisotopic (exact) mass is 326 g/mol. The number of alkyl carbamates (subject to hydrolysis) is 1.